The number of morpholine rings is 1. The maximum absolute atomic E-state index is 12.9. The number of sulfonamides is 1. The van der Waals surface area contributed by atoms with Gasteiger partial charge in [-0.05, 0) is 36.1 Å². The first-order valence-corrected chi connectivity index (χ1v) is 9.29. The molecule has 0 radical (unpaired) electrons. The van der Waals surface area contributed by atoms with Gasteiger partial charge in [0, 0.05) is 18.5 Å². The van der Waals surface area contributed by atoms with E-state index in [1.807, 2.05) is 19.9 Å². The number of halogens is 1. The lowest BCUT2D eigenvalue weighted by molar-refractivity contribution is 0.0314. The summed E-state index contributed by atoms with van der Waals surface area (Å²) in [6.45, 7) is 5.34. The molecule has 0 saturated carbocycles. The van der Waals surface area contributed by atoms with E-state index in [9.17, 15) is 8.42 Å². The van der Waals surface area contributed by atoms with Crippen molar-refractivity contribution in [3.8, 4) is 0 Å². The van der Waals surface area contributed by atoms with E-state index in [0.29, 0.717) is 30.5 Å². The lowest BCUT2D eigenvalue weighted by atomic mass is 10.1. The number of benzene rings is 1. The number of rotatable bonds is 5. The van der Waals surface area contributed by atoms with Crippen LogP contribution < -0.4 is 0 Å². The Hall–Kier alpha value is -0.620. The van der Waals surface area contributed by atoms with Gasteiger partial charge in [0.1, 0.15) is 0 Å². The topological polar surface area (TPSA) is 46.6 Å². The van der Waals surface area contributed by atoms with Crippen molar-refractivity contribution < 1.29 is 13.2 Å². The molecule has 1 aromatic rings. The van der Waals surface area contributed by atoms with Gasteiger partial charge in [0.2, 0.25) is 10.0 Å². The maximum atomic E-state index is 12.9. The molecule has 1 aliphatic rings. The molecular weight excluding hydrogens is 310 g/mol. The second-order valence-corrected chi connectivity index (χ2v) is 7.33. The number of hydrogen-bond donors (Lipinski definition) is 0. The molecule has 0 aromatic heterocycles. The molecule has 0 aliphatic carbocycles. The van der Waals surface area contributed by atoms with Gasteiger partial charge in [-0.25, -0.2) is 8.42 Å². The molecule has 1 saturated heterocycles. The van der Waals surface area contributed by atoms with Crippen LogP contribution in [-0.2, 0) is 27.1 Å². The Morgan fingerprint density at radius 3 is 2.71 bits per heavy atom. The fourth-order valence-electron chi connectivity index (χ4n) is 2.64. The number of ether oxygens (including phenoxy) is 1. The normalized spacial score (nSPS) is 20.6. The molecule has 6 heteroatoms. The molecule has 4 nitrogen and oxygen atoms in total. The van der Waals surface area contributed by atoms with Gasteiger partial charge in [-0.15, -0.1) is 11.6 Å². The first-order chi connectivity index (χ1) is 10.0. The summed E-state index contributed by atoms with van der Waals surface area (Å²) >= 11 is 5.95. The zero-order valence-corrected chi connectivity index (χ0v) is 14.1. The molecule has 1 heterocycles. The third kappa shape index (κ3) is 3.42. The Bertz CT molecular complexity index is 589. The molecule has 1 aromatic carbocycles. The van der Waals surface area contributed by atoms with Gasteiger partial charge in [-0.3, -0.25) is 0 Å². The molecule has 118 valence electrons. The summed E-state index contributed by atoms with van der Waals surface area (Å²) in [5.74, 6) is 0.326. The standard InChI is InChI=1S/C15H22ClNO3S/c1-3-12-5-6-15(9-13(12)10-16)21(18,19)17-7-8-20-11-14(17)4-2/h5-6,9,14H,3-4,7-8,10-11H2,1-2H3. The van der Waals surface area contributed by atoms with E-state index in [1.165, 1.54) is 0 Å². The van der Waals surface area contributed by atoms with Gasteiger partial charge >= 0.3 is 0 Å². The molecule has 0 bridgehead atoms. The van der Waals surface area contributed by atoms with Crippen molar-refractivity contribution in [1.82, 2.24) is 4.31 Å². The first kappa shape index (κ1) is 16.7. The monoisotopic (exact) mass is 331 g/mol. The third-order valence-electron chi connectivity index (χ3n) is 3.95. The molecular formula is C15H22ClNO3S. The smallest absolute Gasteiger partial charge is 0.243 e. The molecule has 0 N–H and O–H groups in total. The summed E-state index contributed by atoms with van der Waals surface area (Å²) < 4.78 is 32.7. The van der Waals surface area contributed by atoms with Crippen molar-refractivity contribution in [1.29, 1.82) is 0 Å². The predicted molar refractivity (Wildman–Crippen MR) is 84.2 cm³/mol. The Morgan fingerprint density at radius 1 is 1.33 bits per heavy atom. The average Bonchev–Trinajstić information content (AvgIpc) is 2.53. The zero-order chi connectivity index (χ0) is 15.5. The van der Waals surface area contributed by atoms with Crippen LogP contribution in [0.5, 0.6) is 0 Å². The van der Waals surface area contributed by atoms with Crippen LogP contribution in [0.4, 0.5) is 0 Å². The highest BCUT2D eigenvalue weighted by Crippen LogP contribution is 2.25. The van der Waals surface area contributed by atoms with Crippen molar-refractivity contribution in [2.75, 3.05) is 19.8 Å². The van der Waals surface area contributed by atoms with E-state index >= 15 is 0 Å². The van der Waals surface area contributed by atoms with Crippen LogP contribution in [-0.4, -0.2) is 38.5 Å². The molecule has 1 atom stereocenters. The Morgan fingerprint density at radius 2 is 2.10 bits per heavy atom. The largest absolute Gasteiger partial charge is 0.378 e. The number of nitrogens with zero attached hydrogens (tertiary/aromatic N) is 1. The lowest BCUT2D eigenvalue weighted by Crippen LogP contribution is -2.48. The van der Waals surface area contributed by atoms with Gasteiger partial charge < -0.3 is 4.74 Å². The molecule has 1 aliphatic heterocycles. The minimum absolute atomic E-state index is 0.0888. The Kier molecular flexibility index (Phi) is 5.66. The van der Waals surface area contributed by atoms with E-state index < -0.39 is 10.0 Å². The summed E-state index contributed by atoms with van der Waals surface area (Å²) in [7, 11) is -3.49. The fourth-order valence-corrected chi connectivity index (χ4v) is 4.61. The highest BCUT2D eigenvalue weighted by Gasteiger charge is 2.33. The predicted octanol–water partition coefficient (Wildman–Crippen LogP) is 2.79. The first-order valence-electron chi connectivity index (χ1n) is 7.31. The molecule has 0 amide bonds. The van der Waals surface area contributed by atoms with Crippen molar-refractivity contribution in [3.63, 3.8) is 0 Å². The van der Waals surface area contributed by atoms with Crippen molar-refractivity contribution in [2.45, 2.75) is 43.5 Å². The number of alkyl halides is 1. The SMILES string of the molecule is CCc1ccc(S(=O)(=O)N2CCOCC2CC)cc1CCl. The van der Waals surface area contributed by atoms with Crippen LogP contribution in [0, 0.1) is 0 Å². The van der Waals surface area contributed by atoms with E-state index in [-0.39, 0.29) is 6.04 Å². The molecule has 21 heavy (non-hydrogen) atoms. The van der Waals surface area contributed by atoms with Gasteiger partial charge in [0.05, 0.1) is 18.1 Å². The van der Waals surface area contributed by atoms with Crippen LogP contribution in [0.15, 0.2) is 23.1 Å². The lowest BCUT2D eigenvalue weighted by Gasteiger charge is -2.34. The highest BCUT2D eigenvalue weighted by molar-refractivity contribution is 7.89. The number of aryl methyl sites for hydroxylation is 1. The van der Waals surface area contributed by atoms with E-state index in [2.05, 4.69) is 0 Å². The average molecular weight is 332 g/mol. The van der Waals surface area contributed by atoms with Crippen LogP contribution in [0.1, 0.15) is 31.4 Å². The van der Waals surface area contributed by atoms with Crippen molar-refractivity contribution in [2.24, 2.45) is 0 Å². The third-order valence-corrected chi connectivity index (χ3v) is 6.19. The van der Waals surface area contributed by atoms with Crippen LogP contribution >= 0.6 is 11.6 Å². The van der Waals surface area contributed by atoms with Crippen molar-refractivity contribution >= 4 is 21.6 Å². The summed E-state index contributed by atoms with van der Waals surface area (Å²) in [5, 5.41) is 0. The van der Waals surface area contributed by atoms with Crippen LogP contribution in [0.2, 0.25) is 0 Å². The van der Waals surface area contributed by atoms with Gasteiger partial charge in [0.15, 0.2) is 0 Å². The second kappa shape index (κ2) is 7.09. The van der Waals surface area contributed by atoms with Gasteiger partial charge in [-0.2, -0.15) is 4.31 Å². The molecule has 0 spiro atoms. The quantitative estimate of drug-likeness (QED) is 0.779. The molecule has 2 rings (SSSR count). The number of hydrogen-bond acceptors (Lipinski definition) is 3. The minimum Gasteiger partial charge on any atom is -0.378 e. The maximum Gasteiger partial charge on any atom is 0.243 e. The Labute approximate surface area is 132 Å². The van der Waals surface area contributed by atoms with E-state index in [1.54, 1.807) is 16.4 Å². The Balaban J connectivity index is 2.38. The zero-order valence-electron chi connectivity index (χ0n) is 12.5. The van der Waals surface area contributed by atoms with Crippen molar-refractivity contribution in [3.05, 3.63) is 29.3 Å². The summed E-state index contributed by atoms with van der Waals surface area (Å²) in [4.78, 5) is 0.329. The summed E-state index contributed by atoms with van der Waals surface area (Å²) in [6, 6.07) is 5.18. The minimum atomic E-state index is -3.49. The molecule has 1 unspecified atom stereocenters. The highest BCUT2D eigenvalue weighted by atomic mass is 35.5. The van der Waals surface area contributed by atoms with E-state index in [4.69, 9.17) is 16.3 Å². The van der Waals surface area contributed by atoms with Crippen LogP contribution in [0.25, 0.3) is 0 Å². The van der Waals surface area contributed by atoms with Crippen LogP contribution in [0.3, 0.4) is 0 Å². The summed E-state index contributed by atoms with van der Waals surface area (Å²) in [5.41, 5.74) is 1.99. The second-order valence-electron chi connectivity index (χ2n) is 5.17. The summed E-state index contributed by atoms with van der Waals surface area (Å²) in [6.07, 6.45) is 1.59. The fraction of sp³-hybridized carbons (Fsp3) is 0.600. The van der Waals surface area contributed by atoms with Gasteiger partial charge in [0.25, 0.3) is 0 Å². The van der Waals surface area contributed by atoms with E-state index in [0.717, 1.165) is 24.0 Å². The van der Waals surface area contributed by atoms with Gasteiger partial charge in [-0.1, -0.05) is 19.9 Å². The molecule has 1 fully saturated rings.